The fraction of sp³-hybridized carbons (Fsp3) is 0.211. The van der Waals surface area contributed by atoms with E-state index >= 15 is 0 Å². The molecule has 1 fully saturated rings. The zero-order valence-corrected chi connectivity index (χ0v) is 16.0. The number of nitrogens with zero attached hydrogens (tertiary/aromatic N) is 3. The number of carbonyl (C=O) groups is 3. The van der Waals surface area contributed by atoms with Gasteiger partial charge in [0.25, 0.3) is 5.91 Å². The molecule has 2 N–H and O–H groups in total. The Bertz CT molecular complexity index is 1090. The van der Waals surface area contributed by atoms with E-state index in [1.165, 1.54) is 0 Å². The Balaban J connectivity index is 1.52. The van der Waals surface area contributed by atoms with E-state index in [0.29, 0.717) is 22.3 Å². The number of imide groups is 1. The van der Waals surface area contributed by atoms with Crippen LogP contribution < -0.4 is 10.6 Å². The van der Waals surface area contributed by atoms with Crippen molar-refractivity contribution in [1.29, 1.82) is 0 Å². The number of fused-ring (bicyclic) bond motifs is 1. The average Bonchev–Trinajstić information content (AvgIpc) is 3.22. The Hall–Kier alpha value is -3.33. The maximum absolute atomic E-state index is 12.9. The van der Waals surface area contributed by atoms with Gasteiger partial charge in [-0.3, -0.25) is 14.5 Å². The molecule has 1 atom stereocenters. The Morgan fingerprint density at radius 3 is 2.68 bits per heavy atom. The molecule has 2 heterocycles. The molecule has 0 radical (unpaired) electrons. The molecule has 1 aromatic heterocycles. The van der Waals surface area contributed by atoms with E-state index in [-0.39, 0.29) is 6.54 Å². The van der Waals surface area contributed by atoms with E-state index in [1.807, 2.05) is 19.1 Å². The van der Waals surface area contributed by atoms with Crippen LogP contribution in [0.2, 0.25) is 0 Å². The smallest absolute Gasteiger partial charge is 0.323 e. The first-order chi connectivity index (χ1) is 13.4. The molecule has 1 saturated heterocycles. The van der Waals surface area contributed by atoms with Crippen LogP contribution >= 0.6 is 11.7 Å². The third-order valence-electron chi connectivity index (χ3n) is 4.77. The van der Waals surface area contributed by atoms with Gasteiger partial charge in [-0.1, -0.05) is 35.9 Å². The number of hydrogen-bond donors (Lipinski definition) is 2. The van der Waals surface area contributed by atoms with Crippen molar-refractivity contribution in [2.24, 2.45) is 0 Å². The van der Waals surface area contributed by atoms with Crippen molar-refractivity contribution in [3.63, 3.8) is 0 Å². The van der Waals surface area contributed by atoms with Crippen molar-refractivity contribution < 1.29 is 14.4 Å². The van der Waals surface area contributed by atoms with Crippen LogP contribution in [0.4, 0.5) is 10.5 Å². The van der Waals surface area contributed by atoms with E-state index in [9.17, 15) is 14.4 Å². The summed E-state index contributed by atoms with van der Waals surface area (Å²) in [5.41, 5.74) is 2.24. The molecule has 3 aromatic rings. The van der Waals surface area contributed by atoms with Crippen LogP contribution in [0.1, 0.15) is 18.1 Å². The van der Waals surface area contributed by atoms with Crippen molar-refractivity contribution in [3.8, 4) is 0 Å². The van der Waals surface area contributed by atoms with Gasteiger partial charge in [-0.25, -0.2) is 4.79 Å². The number of hydrogen-bond acceptors (Lipinski definition) is 6. The minimum atomic E-state index is -1.20. The highest BCUT2D eigenvalue weighted by atomic mass is 32.1. The van der Waals surface area contributed by atoms with Crippen LogP contribution in [0.15, 0.2) is 42.5 Å². The highest BCUT2D eigenvalue weighted by Gasteiger charge is 2.49. The highest BCUT2D eigenvalue weighted by Crippen LogP contribution is 2.29. The molecule has 142 valence electrons. The number of aromatic nitrogens is 2. The van der Waals surface area contributed by atoms with Gasteiger partial charge in [-0.2, -0.15) is 8.75 Å². The van der Waals surface area contributed by atoms with E-state index < -0.39 is 23.4 Å². The van der Waals surface area contributed by atoms with E-state index in [4.69, 9.17) is 0 Å². The van der Waals surface area contributed by atoms with Crippen LogP contribution in [0.5, 0.6) is 0 Å². The lowest BCUT2D eigenvalue weighted by Gasteiger charge is -2.22. The number of anilines is 1. The van der Waals surface area contributed by atoms with Crippen molar-refractivity contribution in [1.82, 2.24) is 19.0 Å². The Labute approximate surface area is 164 Å². The summed E-state index contributed by atoms with van der Waals surface area (Å²) >= 11 is 1.05. The Morgan fingerprint density at radius 2 is 1.93 bits per heavy atom. The van der Waals surface area contributed by atoms with Crippen LogP contribution in [-0.2, 0) is 15.1 Å². The molecule has 2 aromatic carbocycles. The number of nitrogens with one attached hydrogen (secondary N) is 2. The monoisotopic (exact) mass is 395 g/mol. The molecule has 9 heteroatoms. The predicted octanol–water partition coefficient (Wildman–Crippen LogP) is 2.41. The number of urea groups is 1. The summed E-state index contributed by atoms with van der Waals surface area (Å²) in [7, 11) is 0. The first kappa shape index (κ1) is 18.1. The van der Waals surface area contributed by atoms with E-state index in [0.717, 1.165) is 22.2 Å². The van der Waals surface area contributed by atoms with Gasteiger partial charge in [0.2, 0.25) is 5.91 Å². The molecule has 0 unspecified atom stereocenters. The van der Waals surface area contributed by atoms with Crippen molar-refractivity contribution >= 4 is 46.3 Å². The molecule has 0 aliphatic carbocycles. The number of aryl methyl sites for hydroxylation is 1. The maximum Gasteiger partial charge on any atom is 0.325 e. The van der Waals surface area contributed by atoms with Gasteiger partial charge in [-0.15, -0.1) is 0 Å². The molecule has 4 rings (SSSR count). The molecule has 0 saturated carbocycles. The van der Waals surface area contributed by atoms with Gasteiger partial charge >= 0.3 is 6.03 Å². The lowest BCUT2D eigenvalue weighted by atomic mass is 9.91. The largest absolute Gasteiger partial charge is 0.325 e. The molecule has 1 aliphatic rings. The summed E-state index contributed by atoms with van der Waals surface area (Å²) in [6.07, 6.45) is 0. The average molecular weight is 395 g/mol. The second-order valence-corrected chi connectivity index (χ2v) is 7.33. The number of rotatable bonds is 4. The van der Waals surface area contributed by atoms with Crippen LogP contribution in [-0.4, -0.2) is 38.0 Å². The minimum absolute atomic E-state index is 0.389. The number of benzene rings is 2. The summed E-state index contributed by atoms with van der Waals surface area (Å²) in [5.74, 6) is -0.956. The zero-order chi connectivity index (χ0) is 19.9. The fourth-order valence-corrected chi connectivity index (χ4v) is 3.71. The molecule has 28 heavy (non-hydrogen) atoms. The Kier molecular flexibility index (Phi) is 4.31. The quantitative estimate of drug-likeness (QED) is 0.660. The van der Waals surface area contributed by atoms with Crippen LogP contribution in [0, 0.1) is 6.92 Å². The van der Waals surface area contributed by atoms with Gasteiger partial charge in [0, 0.05) is 0 Å². The lowest BCUT2D eigenvalue weighted by Crippen LogP contribution is -2.42. The van der Waals surface area contributed by atoms with E-state index in [2.05, 4.69) is 19.4 Å². The van der Waals surface area contributed by atoms with Crippen LogP contribution in [0.25, 0.3) is 11.0 Å². The summed E-state index contributed by atoms with van der Waals surface area (Å²) in [4.78, 5) is 38.7. The molecular weight excluding hydrogens is 378 g/mol. The fourth-order valence-electron chi connectivity index (χ4n) is 3.16. The molecule has 0 spiro atoms. The van der Waals surface area contributed by atoms with Crippen molar-refractivity contribution in [2.75, 3.05) is 11.9 Å². The summed E-state index contributed by atoms with van der Waals surface area (Å²) in [6.45, 7) is 3.19. The maximum atomic E-state index is 12.9. The van der Waals surface area contributed by atoms with Gasteiger partial charge < -0.3 is 10.6 Å². The summed E-state index contributed by atoms with van der Waals surface area (Å²) < 4.78 is 8.28. The van der Waals surface area contributed by atoms with Gasteiger partial charge in [0.15, 0.2) is 0 Å². The second-order valence-electron chi connectivity index (χ2n) is 6.80. The molecule has 4 amide bonds. The Morgan fingerprint density at radius 1 is 1.18 bits per heavy atom. The second kappa shape index (κ2) is 6.68. The lowest BCUT2D eigenvalue weighted by molar-refractivity contribution is -0.133. The number of carbonyl (C=O) groups excluding carboxylic acids is 3. The predicted molar refractivity (Wildman–Crippen MR) is 105 cm³/mol. The third-order valence-corrected chi connectivity index (χ3v) is 5.31. The normalized spacial score (nSPS) is 19.1. The van der Waals surface area contributed by atoms with Gasteiger partial charge in [0.1, 0.15) is 23.1 Å². The highest BCUT2D eigenvalue weighted by molar-refractivity contribution is 7.00. The minimum Gasteiger partial charge on any atom is -0.323 e. The molecule has 0 bridgehead atoms. The molecule has 1 aliphatic heterocycles. The van der Waals surface area contributed by atoms with Crippen molar-refractivity contribution in [3.05, 3.63) is 53.6 Å². The SMILES string of the molecule is Cc1ccc([C@]2(C)NC(=O)N(CC(=O)Nc3cccc4nsnc34)C2=O)cc1. The first-order valence-electron chi connectivity index (χ1n) is 8.61. The first-order valence-corrected chi connectivity index (χ1v) is 9.34. The van der Waals surface area contributed by atoms with Crippen LogP contribution in [0.3, 0.4) is 0 Å². The van der Waals surface area contributed by atoms with Gasteiger partial charge in [-0.05, 0) is 31.5 Å². The zero-order valence-electron chi connectivity index (χ0n) is 15.2. The van der Waals surface area contributed by atoms with E-state index in [1.54, 1.807) is 37.3 Å². The third kappa shape index (κ3) is 2.99. The molecule has 8 nitrogen and oxygen atoms in total. The number of amides is 4. The topological polar surface area (TPSA) is 104 Å². The summed E-state index contributed by atoms with van der Waals surface area (Å²) in [5, 5.41) is 5.40. The summed E-state index contributed by atoms with van der Waals surface area (Å²) in [6, 6.07) is 12.0. The van der Waals surface area contributed by atoms with Crippen molar-refractivity contribution in [2.45, 2.75) is 19.4 Å². The van der Waals surface area contributed by atoms with Gasteiger partial charge in [0.05, 0.1) is 17.4 Å². The standard InChI is InChI=1S/C19H17N5O3S/c1-11-6-8-12(9-7-11)19(2)17(26)24(18(27)21-19)10-15(25)20-13-4-3-5-14-16(13)23-28-22-14/h3-9H,10H2,1-2H3,(H,20,25)(H,21,27)/t19-/m0/s1. The molecular formula is C19H17N5O3S.